The summed E-state index contributed by atoms with van der Waals surface area (Å²) in [5, 5.41) is 20.9. The molecule has 0 saturated carbocycles. The van der Waals surface area contributed by atoms with Crippen LogP contribution in [-0.4, -0.2) is 30.7 Å². The van der Waals surface area contributed by atoms with Gasteiger partial charge in [-0.3, -0.25) is 0 Å². The Morgan fingerprint density at radius 2 is 2.16 bits per heavy atom. The third-order valence-electron chi connectivity index (χ3n) is 3.30. The fourth-order valence-corrected chi connectivity index (χ4v) is 4.11. The summed E-state index contributed by atoms with van der Waals surface area (Å²) in [6.45, 7) is 0. The standard InChI is InChI=1S/C15H10Cl2N6S2/c16-11-4-3-10(13(17)6-11)8-25-15-21-20-14-22(9-19-23(14)15)18-7-12-2-1-5-24-12/h1-7,9H,8H2/b18-7+. The van der Waals surface area contributed by atoms with Gasteiger partial charge in [0.15, 0.2) is 0 Å². The van der Waals surface area contributed by atoms with E-state index in [2.05, 4.69) is 20.4 Å². The molecule has 0 aliphatic heterocycles. The molecule has 0 atom stereocenters. The van der Waals surface area contributed by atoms with E-state index in [-0.39, 0.29) is 0 Å². The van der Waals surface area contributed by atoms with Crippen molar-refractivity contribution < 1.29 is 0 Å². The predicted octanol–water partition coefficient (Wildman–Crippen LogP) is 4.47. The Kier molecular flexibility index (Phi) is 4.76. The summed E-state index contributed by atoms with van der Waals surface area (Å²) < 4.78 is 3.24. The second-order valence-corrected chi connectivity index (χ2v) is 7.72. The zero-order valence-electron chi connectivity index (χ0n) is 12.6. The van der Waals surface area contributed by atoms with Crippen LogP contribution in [0.2, 0.25) is 10.0 Å². The lowest BCUT2D eigenvalue weighted by molar-refractivity contribution is 0.816. The molecule has 0 spiro atoms. The van der Waals surface area contributed by atoms with Gasteiger partial charge in [-0.05, 0) is 29.1 Å². The second kappa shape index (κ2) is 7.17. The first-order valence-corrected chi connectivity index (χ1v) is 9.76. The van der Waals surface area contributed by atoms with E-state index in [9.17, 15) is 0 Å². The topological polar surface area (TPSA) is 60.4 Å². The van der Waals surface area contributed by atoms with Crippen molar-refractivity contribution in [2.24, 2.45) is 5.10 Å². The van der Waals surface area contributed by atoms with Crippen molar-refractivity contribution in [3.8, 4) is 0 Å². The van der Waals surface area contributed by atoms with Crippen molar-refractivity contribution >= 4 is 58.3 Å². The maximum absolute atomic E-state index is 6.20. The van der Waals surface area contributed by atoms with Gasteiger partial charge in [-0.15, -0.1) is 21.5 Å². The molecule has 3 heterocycles. The quantitative estimate of drug-likeness (QED) is 0.361. The van der Waals surface area contributed by atoms with Crippen LogP contribution in [0.3, 0.4) is 0 Å². The molecule has 4 aromatic rings. The van der Waals surface area contributed by atoms with Crippen molar-refractivity contribution in [1.29, 1.82) is 0 Å². The van der Waals surface area contributed by atoms with E-state index in [1.807, 2.05) is 29.6 Å². The van der Waals surface area contributed by atoms with E-state index in [0.29, 0.717) is 26.7 Å². The predicted molar refractivity (Wildman–Crippen MR) is 102 cm³/mol. The number of thiophene rings is 1. The fourth-order valence-electron chi connectivity index (χ4n) is 2.09. The Hall–Kier alpha value is -1.87. The van der Waals surface area contributed by atoms with Crippen LogP contribution in [0.5, 0.6) is 0 Å². The Morgan fingerprint density at radius 1 is 1.24 bits per heavy atom. The largest absolute Gasteiger partial charge is 0.275 e. The summed E-state index contributed by atoms with van der Waals surface area (Å²) in [4.78, 5) is 1.05. The number of halogens is 2. The first-order valence-electron chi connectivity index (χ1n) is 7.14. The second-order valence-electron chi connectivity index (χ2n) is 4.95. The number of fused-ring (bicyclic) bond motifs is 1. The molecule has 126 valence electrons. The lowest BCUT2D eigenvalue weighted by Crippen LogP contribution is -1.90. The molecule has 25 heavy (non-hydrogen) atoms. The normalized spacial score (nSPS) is 11.8. The molecule has 1 aromatic carbocycles. The Balaban J connectivity index is 1.53. The van der Waals surface area contributed by atoms with Gasteiger partial charge in [-0.25, -0.2) is 0 Å². The van der Waals surface area contributed by atoms with Gasteiger partial charge >= 0.3 is 0 Å². The molecule has 0 bridgehead atoms. The zero-order valence-corrected chi connectivity index (χ0v) is 15.7. The van der Waals surface area contributed by atoms with E-state index in [1.165, 1.54) is 11.8 Å². The molecule has 0 aliphatic carbocycles. The van der Waals surface area contributed by atoms with Gasteiger partial charge in [0.2, 0.25) is 5.16 Å². The number of rotatable bonds is 5. The summed E-state index contributed by atoms with van der Waals surface area (Å²) in [6.07, 6.45) is 3.37. The molecule has 0 aliphatic rings. The minimum Gasteiger partial charge on any atom is -0.184 e. The molecule has 0 amide bonds. The summed E-state index contributed by atoms with van der Waals surface area (Å²) in [5.41, 5.74) is 0.975. The molecular formula is C15H10Cl2N6S2. The van der Waals surface area contributed by atoms with Crippen LogP contribution in [0.15, 0.2) is 52.3 Å². The zero-order chi connectivity index (χ0) is 17.2. The maximum atomic E-state index is 6.20. The number of nitrogens with zero attached hydrogens (tertiary/aromatic N) is 6. The number of hydrogen-bond donors (Lipinski definition) is 0. The SMILES string of the molecule is Clc1ccc(CSc2nnc3n(/N=C/c4cccs4)cnn23)c(Cl)c1. The van der Waals surface area contributed by atoms with E-state index < -0.39 is 0 Å². The highest BCUT2D eigenvalue weighted by Crippen LogP contribution is 2.27. The number of aromatic nitrogens is 5. The van der Waals surface area contributed by atoms with Gasteiger partial charge in [0, 0.05) is 20.7 Å². The third-order valence-corrected chi connectivity index (χ3v) is 5.66. The molecule has 0 saturated heterocycles. The van der Waals surface area contributed by atoms with Crippen molar-refractivity contribution in [2.45, 2.75) is 10.9 Å². The smallest absolute Gasteiger partial charge is 0.184 e. The van der Waals surface area contributed by atoms with E-state index in [0.717, 1.165) is 10.4 Å². The molecule has 0 radical (unpaired) electrons. The monoisotopic (exact) mass is 408 g/mol. The number of thioether (sulfide) groups is 1. The highest BCUT2D eigenvalue weighted by molar-refractivity contribution is 7.98. The molecule has 0 unspecified atom stereocenters. The maximum Gasteiger partial charge on any atom is 0.275 e. The number of benzene rings is 1. The molecule has 3 aromatic heterocycles. The van der Waals surface area contributed by atoms with Gasteiger partial charge in [0.05, 0.1) is 6.21 Å². The Labute approximate surface area is 161 Å². The molecule has 0 N–H and O–H groups in total. The van der Waals surface area contributed by atoms with Gasteiger partial charge in [0.25, 0.3) is 5.78 Å². The van der Waals surface area contributed by atoms with Crippen molar-refractivity contribution in [3.63, 3.8) is 0 Å². The summed E-state index contributed by atoms with van der Waals surface area (Å²) >= 11 is 15.2. The molecular weight excluding hydrogens is 399 g/mol. The average Bonchev–Trinajstić information content (AvgIpc) is 3.31. The van der Waals surface area contributed by atoms with Gasteiger partial charge in [-0.2, -0.15) is 19.4 Å². The first kappa shape index (κ1) is 16.6. The van der Waals surface area contributed by atoms with Crippen LogP contribution >= 0.6 is 46.3 Å². The van der Waals surface area contributed by atoms with Crippen molar-refractivity contribution in [1.82, 2.24) is 24.5 Å². The van der Waals surface area contributed by atoms with Gasteiger partial charge in [0.1, 0.15) is 6.33 Å². The van der Waals surface area contributed by atoms with Crippen LogP contribution in [-0.2, 0) is 5.75 Å². The lowest BCUT2D eigenvalue weighted by atomic mass is 10.2. The van der Waals surface area contributed by atoms with Crippen LogP contribution in [0.25, 0.3) is 5.78 Å². The molecule has 0 fully saturated rings. The average molecular weight is 409 g/mol. The summed E-state index contributed by atoms with van der Waals surface area (Å²) in [7, 11) is 0. The van der Waals surface area contributed by atoms with Gasteiger partial charge < -0.3 is 0 Å². The Morgan fingerprint density at radius 3 is 2.96 bits per heavy atom. The van der Waals surface area contributed by atoms with Crippen molar-refractivity contribution in [2.75, 3.05) is 0 Å². The van der Waals surface area contributed by atoms with E-state index >= 15 is 0 Å². The summed E-state index contributed by atoms with van der Waals surface area (Å²) in [6, 6.07) is 9.41. The summed E-state index contributed by atoms with van der Waals surface area (Å²) in [5.74, 6) is 1.19. The highest BCUT2D eigenvalue weighted by Gasteiger charge is 2.12. The van der Waals surface area contributed by atoms with E-state index in [4.69, 9.17) is 23.2 Å². The fraction of sp³-hybridized carbons (Fsp3) is 0.0667. The number of hydrogen-bond acceptors (Lipinski definition) is 6. The molecule has 10 heteroatoms. The van der Waals surface area contributed by atoms with Crippen LogP contribution in [0.1, 0.15) is 10.4 Å². The lowest BCUT2D eigenvalue weighted by Gasteiger charge is -2.02. The van der Waals surface area contributed by atoms with E-state index in [1.54, 1.807) is 39.1 Å². The minimum absolute atomic E-state index is 0.553. The van der Waals surface area contributed by atoms with Gasteiger partial charge in [-0.1, -0.05) is 47.1 Å². The third kappa shape index (κ3) is 3.57. The van der Waals surface area contributed by atoms with Crippen molar-refractivity contribution in [3.05, 3.63) is 62.5 Å². The Bertz CT molecular complexity index is 1040. The van der Waals surface area contributed by atoms with Crippen LogP contribution in [0.4, 0.5) is 0 Å². The van der Waals surface area contributed by atoms with Crippen LogP contribution in [0, 0.1) is 0 Å². The molecule has 6 nitrogen and oxygen atoms in total. The highest BCUT2D eigenvalue weighted by atomic mass is 35.5. The minimum atomic E-state index is 0.553. The molecule has 4 rings (SSSR count). The first-order chi connectivity index (χ1) is 12.2. The van der Waals surface area contributed by atoms with Crippen LogP contribution < -0.4 is 0 Å².